The molecule has 0 saturated carbocycles. The quantitative estimate of drug-likeness (QED) is 0.159. The van der Waals surface area contributed by atoms with Crippen molar-refractivity contribution >= 4 is 23.0 Å². The Balaban J connectivity index is 1.49. The molecule has 0 spiro atoms. The van der Waals surface area contributed by atoms with Crippen molar-refractivity contribution in [2.24, 2.45) is 0 Å². The Morgan fingerprint density at radius 3 is 2.07 bits per heavy atom. The lowest BCUT2D eigenvalue weighted by Gasteiger charge is -2.33. The number of carbonyl (C=O) groups is 2. The summed E-state index contributed by atoms with van der Waals surface area (Å²) in [5, 5.41) is 0.943. The molecule has 7 heteroatoms. The summed E-state index contributed by atoms with van der Waals surface area (Å²) >= 11 is 0. The van der Waals surface area contributed by atoms with Gasteiger partial charge < -0.3 is 14.4 Å². The second kappa shape index (κ2) is 16.6. The molecule has 0 N–H and O–H groups in total. The second-order valence-corrected chi connectivity index (χ2v) is 12.6. The summed E-state index contributed by atoms with van der Waals surface area (Å²) in [7, 11) is 0. The number of amides is 1. The van der Waals surface area contributed by atoms with E-state index >= 15 is 0 Å². The molecule has 3 rings (SSSR count). The first-order valence-corrected chi connectivity index (χ1v) is 16.0. The number of hydrogen-bond donors (Lipinski definition) is 0. The summed E-state index contributed by atoms with van der Waals surface area (Å²) in [4.78, 5) is 40.4. The lowest BCUT2D eigenvalue weighted by molar-refractivity contribution is -0.147. The maximum absolute atomic E-state index is 13.6. The van der Waals surface area contributed by atoms with Gasteiger partial charge in [0.2, 0.25) is 0 Å². The van der Waals surface area contributed by atoms with Gasteiger partial charge in [0.15, 0.2) is 6.73 Å². The molecular formula is C34H52N2O5. The van der Waals surface area contributed by atoms with E-state index in [1.54, 1.807) is 9.47 Å². The van der Waals surface area contributed by atoms with E-state index in [1.165, 1.54) is 51.4 Å². The van der Waals surface area contributed by atoms with Crippen molar-refractivity contribution in [1.29, 1.82) is 0 Å². The SMILES string of the molecule is CCCCCCCCCCCCCC(=O)OCn1c(=O)c(C2CCN(C(=O)OC(C)(C)C)CC2)cc2ccccc21. The average molecular weight is 569 g/mol. The number of fused-ring (bicyclic) bond motifs is 1. The van der Waals surface area contributed by atoms with Crippen molar-refractivity contribution in [1.82, 2.24) is 9.47 Å². The highest BCUT2D eigenvalue weighted by molar-refractivity contribution is 5.80. The molecule has 0 radical (unpaired) electrons. The summed E-state index contributed by atoms with van der Waals surface area (Å²) in [5.41, 5.74) is 0.816. The largest absolute Gasteiger partial charge is 0.444 e. The molecule has 1 aromatic carbocycles. The number of esters is 1. The third-order valence-electron chi connectivity index (χ3n) is 7.96. The number of nitrogens with zero attached hydrogens (tertiary/aromatic N) is 2. The van der Waals surface area contributed by atoms with Gasteiger partial charge in [0, 0.05) is 25.1 Å². The van der Waals surface area contributed by atoms with Crippen LogP contribution in [0.3, 0.4) is 0 Å². The maximum atomic E-state index is 13.6. The van der Waals surface area contributed by atoms with Crippen molar-refractivity contribution in [2.75, 3.05) is 13.1 Å². The van der Waals surface area contributed by atoms with Crippen molar-refractivity contribution in [2.45, 2.75) is 136 Å². The number of hydrogen-bond acceptors (Lipinski definition) is 5. The van der Waals surface area contributed by atoms with Gasteiger partial charge in [-0.1, -0.05) is 89.3 Å². The molecular weight excluding hydrogens is 516 g/mol. The van der Waals surface area contributed by atoms with Crippen LogP contribution < -0.4 is 5.56 Å². The molecule has 2 heterocycles. The van der Waals surface area contributed by atoms with Crippen LogP contribution in [-0.2, 0) is 21.0 Å². The zero-order valence-electron chi connectivity index (χ0n) is 25.9. The van der Waals surface area contributed by atoms with Gasteiger partial charge >= 0.3 is 12.1 Å². The molecule has 1 fully saturated rings. The predicted molar refractivity (Wildman–Crippen MR) is 165 cm³/mol. The molecule has 1 aromatic heterocycles. The zero-order chi connectivity index (χ0) is 29.7. The topological polar surface area (TPSA) is 77.8 Å². The molecule has 1 saturated heterocycles. The van der Waals surface area contributed by atoms with Crippen molar-refractivity contribution < 1.29 is 19.1 Å². The molecule has 41 heavy (non-hydrogen) atoms. The third-order valence-corrected chi connectivity index (χ3v) is 7.96. The van der Waals surface area contributed by atoms with E-state index < -0.39 is 5.60 Å². The van der Waals surface area contributed by atoms with Gasteiger partial charge in [-0.15, -0.1) is 0 Å². The molecule has 0 unspecified atom stereocenters. The molecule has 228 valence electrons. The van der Waals surface area contributed by atoms with Gasteiger partial charge in [-0.2, -0.15) is 0 Å². The van der Waals surface area contributed by atoms with Gasteiger partial charge in [-0.05, 0) is 63.5 Å². The number of carbonyl (C=O) groups excluding carboxylic acids is 2. The van der Waals surface area contributed by atoms with Crippen molar-refractivity contribution in [3.63, 3.8) is 0 Å². The van der Waals surface area contributed by atoms with E-state index in [0.717, 1.165) is 30.2 Å². The summed E-state index contributed by atoms with van der Waals surface area (Å²) in [5.74, 6) is -0.225. The minimum atomic E-state index is -0.537. The number of pyridine rings is 1. The van der Waals surface area contributed by atoms with E-state index in [-0.39, 0.29) is 30.3 Å². The first-order valence-electron chi connectivity index (χ1n) is 16.0. The van der Waals surface area contributed by atoms with Gasteiger partial charge in [0.05, 0.1) is 5.52 Å². The molecule has 1 amide bonds. The lowest BCUT2D eigenvalue weighted by Crippen LogP contribution is -2.42. The highest BCUT2D eigenvalue weighted by Crippen LogP contribution is 2.29. The fourth-order valence-electron chi connectivity index (χ4n) is 5.61. The molecule has 0 atom stereocenters. The third kappa shape index (κ3) is 10.8. The Labute approximate surface area is 246 Å². The monoisotopic (exact) mass is 568 g/mol. The number of likely N-dealkylation sites (tertiary alicyclic amines) is 1. The van der Waals surface area contributed by atoms with Crippen molar-refractivity contribution in [3.8, 4) is 0 Å². The Bertz CT molecular complexity index is 1160. The van der Waals surface area contributed by atoms with Crippen LogP contribution in [0.5, 0.6) is 0 Å². The van der Waals surface area contributed by atoms with E-state index in [0.29, 0.717) is 37.9 Å². The number of benzene rings is 1. The van der Waals surface area contributed by atoms with Crippen LogP contribution in [0.25, 0.3) is 10.9 Å². The molecule has 7 nitrogen and oxygen atoms in total. The van der Waals surface area contributed by atoms with Gasteiger partial charge in [-0.3, -0.25) is 14.2 Å². The summed E-state index contributed by atoms with van der Waals surface area (Å²) in [6, 6.07) is 9.69. The van der Waals surface area contributed by atoms with E-state index in [2.05, 4.69) is 6.92 Å². The smallest absolute Gasteiger partial charge is 0.410 e. The van der Waals surface area contributed by atoms with Crippen LogP contribution in [-0.4, -0.2) is 40.2 Å². The first kappa shape index (κ1) is 32.7. The van der Waals surface area contributed by atoms with Crippen LogP contribution in [0.2, 0.25) is 0 Å². The minimum Gasteiger partial charge on any atom is -0.444 e. The lowest BCUT2D eigenvalue weighted by atomic mass is 9.89. The number of para-hydroxylation sites is 1. The van der Waals surface area contributed by atoms with E-state index in [9.17, 15) is 14.4 Å². The molecule has 2 aromatic rings. The highest BCUT2D eigenvalue weighted by Gasteiger charge is 2.29. The van der Waals surface area contributed by atoms with Gasteiger partial charge in [-0.25, -0.2) is 4.79 Å². The van der Waals surface area contributed by atoms with Crippen LogP contribution in [0.1, 0.15) is 129 Å². The van der Waals surface area contributed by atoms with Crippen molar-refractivity contribution in [3.05, 3.63) is 46.2 Å². The summed E-state index contributed by atoms with van der Waals surface area (Å²) in [6.45, 7) is 8.83. The van der Waals surface area contributed by atoms with E-state index in [4.69, 9.17) is 9.47 Å². The fourth-order valence-corrected chi connectivity index (χ4v) is 5.61. The number of aromatic nitrogens is 1. The standard InChI is InChI=1S/C34H52N2O5/c1-5-6-7-8-9-10-11-12-13-14-15-20-31(37)40-26-36-30-19-17-16-18-28(30)25-29(32(36)38)27-21-23-35(24-22-27)33(39)41-34(2,3)4/h16-19,25,27H,5-15,20-24,26H2,1-4H3. The fraction of sp³-hybridized carbons (Fsp3) is 0.676. The predicted octanol–water partition coefficient (Wildman–Crippen LogP) is 8.32. The normalized spacial score (nSPS) is 14.4. The molecule has 0 bridgehead atoms. The zero-order valence-corrected chi connectivity index (χ0v) is 25.9. The maximum Gasteiger partial charge on any atom is 0.410 e. The second-order valence-electron chi connectivity index (χ2n) is 12.6. The van der Waals surface area contributed by atoms with Gasteiger partial charge in [0.1, 0.15) is 5.60 Å². The van der Waals surface area contributed by atoms with Crippen LogP contribution in [0.15, 0.2) is 35.1 Å². The molecule has 1 aliphatic rings. The number of ether oxygens (including phenoxy) is 2. The minimum absolute atomic E-state index is 0.0316. The van der Waals surface area contributed by atoms with Crippen LogP contribution >= 0.6 is 0 Å². The molecule has 0 aliphatic carbocycles. The Morgan fingerprint density at radius 1 is 0.878 bits per heavy atom. The Kier molecular flexibility index (Phi) is 13.2. The van der Waals surface area contributed by atoms with Crippen LogP contribution in [0.4, 0.5) is 4.79 Å². The Hall–Kier alpha value is -2.83. The Morgan fingerprint density at radius 2 is 1.46 bits per heavy atom. The highest BCUT2D eigenvalue weighted by atomic mass is 16.6. The number of unbranched alkanes of at least 4 members (excludes halogenated alkanes) is 10. The van der Waals surface area contributed by atoms with Gasteiger partial charge in [0.25, 0.3) is 5.56 Å². The number of rotatable bonds is 15. The summed E-state index contributed by atoms with van der Waals surface area (Å²) < 4.78 is 12.7. The number of piperidine rings is 1. The average Bonchev–Trinajstić information content (AvgIpc) is 2.94. The first-order chi connectivity index (χ1) is 19.7. The summed E-state index contributed by atoms with van der Waals surface area (Å²) in [6.07, 6.45) is 15.0. The van der Waals surface area contributed by atoms with Crippen LogP contribution in [0, 0.1) is 0 Å². The molecule has 1 aliphatic heterocycles. The van der Waals surface area contributed by atoms with E-state index in [1.807, 2.05) is 51.1 Å².